The summed E-state index contributed by atoms with van der Waals surface area (Å²) < 4.78 is 0. The summed E-state index contributed by atoms with van der Waals surface area (Å²) in [7, 11) is 0. The van der Waals surface area contributed by atoms with Crippen LogP contribution in [0.4, 0.5) is 0 Å². The van der Waals surface area contributed by atoms with Crippen molar-refractivity contribution in [2.24, 2.45) is 5.92 Å². The summed E-state index contributed by atoms with van der Waals surface area (Å²) in [5, 5.41) is 0. The first-order valence-corrected chi connectivity index (χ1v) is 7.45. The topological polar surface area (TPSA) is 34.1 Å². The smallest absolute Gasteiger partial charge is 0.159 e. The van der Waals surface area contributed by atoms with Gasteiger partial charge in [-0.3, -0.25) is 4.79 Å². The first-order chi connectivity index (χ1) is 8.77. The van der Waals surface area contributed by atoms with Crippen LogP contribution in [0.25, 0.3) is 0 Å². The summed E-state index contributed by atoms with van der Waals surface area (Å²) in [5.41, 5.74) is 0.974. The van der Waals surface area contributed by atoms with Gasteiger partial charge in [-0.2, -0.15) is 0 Å². The molecule has 0 saturated carbocycles. The fourth-order valence-corrected chi connectivity index (χ4v) is 2.51. The maximum atomic E-state index is 12.0. The number of ketones is 1. The Morgan fingerprint density at radius 1 is 1.33 bits per heavy atom. The van der Waals surface area contributed by atoms with Crippen LogP contribution in [-0.2, 0) is 9.59 Å². The Kier molecular flexibility index (Phi) is 7.63. The third-order valence-electron chi connectivity index (χ3n) is 3.72. The lowest BCUT2D eigenvalue weighted by Gasteiger charge is -2.14. The van der Waals surface area contributed by atoms with Gasteiger partial charge in [0.1, 0.15) is 6.29 Å². The van der Waals surface area contributed by atoms with Crippen LogP contribution in [0, 0.1) is 5.92 Å². The molecular weight excluding hydrogens is 224 g/mol. The zero-order valence-corrected chi connectivity index (χ0v) is 11.6. The van der Waals surface area contributed by atoms with Gasteiger partial charge in [0.25, 0.3) is 0 Å². The molecule has 102 valence electrons. The van der Waals surface area contributed by atoms with Crippen molar-refractivity contribution in [3.63, 3.8) is 0 Å². The van der Waals surface area contributed by atoms with Crippen LogP contribution >= 0.6 is 0 Å². The monoisotopic (exact) mass is 250 g/mol. The molecule has 0 unspecified atom stereocenters. The molecular formula is C16H26O2. The molecule has 1 rings (SSSR count). The number of hydrogen-bond donors (Lipinski definition) is 0. The van der Waals surface area contributed by atoms with Gasteiger partial charge in [0, 0.05) is 12.3 Å². The van der Waals surface area contributed by atoms with E-state index in [4.69, 9.17) is 0 Å². The zero-order valence-electron chi connectivity index (χ0n) is 11.6. The quantitative estimate of drug-likeness (QED) is 0.453. The fourth-order valence-electron chi connectivity index (χ4n) is 2.51. The largest absolute Gasteiger partial charge is 0.303 e. The molecule has 2 heteroatoms. The van der Waals surface area contributed by atoms with Gasteiger partial charge in [-0.05, 0) is 37.7 Å². The molecule has 0 heterocycles. The second kappa shape index (κ2) is 9.07. The van der Waals surface area contributed by atoms with Gasteiger partial charge in [0.2, 0.25) is 0 Å². The molecule has 18 heavy (non-hydrogen) atoms. The Labute approximate surface area is 111 Å². The Hall–Kier alpha value is -0.920. The molecule has 0 N–H and O–H groups in total. The number of unbranched alkanes of at least 4 members (excludes halogenated alkanes) is 3. The van der Waals surface area contributed by atoms with Crippen molar-refractivity contribution < 1.29 is 9.59 Å². The minimum Gasteiger partial charge on any atom is -0.303 e. The molecule has 0 bridgehead atoms. The SMILES string of the molecule is CCCCCC[C@@H](C=O)CC(=O)C1=CCCCC1. The van der Waals surface area contributed by atoms with Gasteiger partial charge in [-0.1, -0.05) is 38.7 Å². The van der Waals surface area contributed by atoms with Crippen LogP contribution in [0.2, 0.25) is 0 Å². The van der Waals surface area contributed by atoms with E-state index in [-0.39, 0.29) is 11.7 Å². The molecule has 0 spiro atoms. The highest BCUT2D eigenvalue weighted by Gasteiger charge is 2.17. The van der Waals surface area contributed by atoms with Gasteiger partial charge in [-0.25, -0.2) is 0 Å². The van der Waals surface area contributed by atoms with E-state index in [0.717, 1.165) is 44.0 Å². The van der Waals surface area contributed by atoms with Crippen LogP contribution in [-0.4, -0.2) is 12.1 Å². The molecule has 0 aromatic rings. The summed E-state index contributed by atoms with van der Waals surface area (Å²) >= 11 is 0. The fraction of sp³-hybridized carbons (Fsp3) is 0.750. The van der Waals surface area contributed by atoms with E-state index in [1.807, 2.05) is 0 Å². The minimum atomic E-state index is -0.0582. The van der Waals surface area contributed by atoms with Crippen molar-refractivity contribution in [1.29, 1.82) is 0 Å². The highest BCUT2D eigenvalue weighted by molar-refractivity contribution is 5.96. The lowest BCUT2D eigenvalue weighted by Crippen LogP contribution is -2.13. The molecule has 0 amide bonds. The Bertz CT molecular complexity index is 291. The third kappa shape index (κ3) is 5.61. The van der Waals surface area contributed by atoms with E-state index in [9.17, 15) is 9.59 Å². The van der Waals surface area contributed by atoms with Crippen molar-refractivity contribution in [2.75, 3.05) is 0 Å². The van der Waals surface area contributed by atoms with Gasteiger partial charge in [-0.15, -0.1) is 0 Å². The van der Waals surface area contributed by atoms with Crippen LogP contribution in [0.5, 0.6) is 0 Å². The first-order valence-electron chi connectivity index (χ1n) is 7.45. The molecule has 1 aliphatic rings. The minimum absolute atomic E-state index is 0.0582. The Morgan fingerprint density at radius 3 is 2.78 bits per heavy atom. The summed E-state index contributed by atoms with van der Waals surface area (Å²) in [6.45, 7) is 2.18. The second-order valence-electron chi connectivity index (χ2n) is 5.35. The standard InChI is InChI=1S/C16H26O2/c1-2-3-4-6-9-14(13-17)12-16(18)15-10-7-5-8-11-15/h10,13-14H,2-9,11-12H2,1H3/t14-/m1/s1. The summed E-state index contributed by atoms with van der Waals surface area (Å²) in [5.74, 6) is 0.152. The van der Waals surface area contributed by atoms with Crippen molar-refractivity contribution in [2.45, 2.75) is 71.1 Å². The van der Waals surface area contributed by atoms with Crippen LogP contribution in [0.15, 0.2) is 11.6 Å². The van der Waals surface area contributed by atoms with E-state index in [1.165, 1.54) is 25.7 Å². The number of carbonyl (C=O) groups is 2. The van der Waals surface area contributed by atoms with Crippen molar-refractivity contribution in [3.8, 4) is 0 Å². The highest BCUT2D eigenvalue weighted by atomic mass is 16.1. The van der Waals surface area contributed by atoms with E-state index < -0.39 is 0 Å². The highest BCUT2D eigenvalue weighted by Crippen LogP contribution is 2.22. The van der Waals surface area contributed by atoms with E-state index in [2.05, 4.69) is 13.0 Å². The second-order valence-corrected chi connectivity index (χ2v) is 5.35. The number of Topliss-reactive ketones (excluding diaryl/α,β-unsaturated/α-hetero) is 1. The molecule has 0 fully saturated rings. The number of carbonyl (C=O) groups excluding carboxylic acids is 2. The van der Waals surface area contributed by atoms with Crippen molar-refractivity contribution in [1.82, 2.24) is 0 Å². The lowest BCUT2D eigenvalue weighted by molar-refractivity contribution is -0.120. The molecule has 1 aliphatic carbocycles. The normalized spacial score (nSPS) is 17.1. The zero-order chi connectivity index (χ0) is 13.2. The predicted molar refractivity (Wildman–Crippen MR) is 74.5 cm³/mol. The average Bonchev–Trinajstić information content (AvgIpc) is 2.43. The van der Waals surface area contributed by atoms with Crippen molar-refractivity contribution in [3.05, 3.63) is 11.6 Å². The summed E-state index contributed by atoms with van der Waals surface area (Å²) in [6, 6.07) is 0. The average molecular weight is 250 g/mol. The molecule has 2 nitrogen and oxygen atoms in total. The lowest BCUT2D eigenvalue weighted by atomic mass is 9.89. The number of aldehydes is 1. The molecule has 0 radical (unpaired) electrons. The van der Waals surface area contributed by atoms with E-state index >= 15 is 0 Å². The number of hydrogen-bond acceptors (Lipinski definition) is 2. The van der Waals surface area contributed by atoms with Crippen LogP contribution in [0.3, 0.4) is 0 Å². The summed E-state index contributed by atoms with van der Waals surface area (Å²) in [4.78, 5) is 23.0. The molecule has 0 aliphatic heterocycles. The number of allylic oxidation sites excluding steroid dienone is 2. The van der Waals surface area contributed by atoms with Gasteiger partial charge in [0.15, 0.2) is 5.78 Å². The summed E-state index contributed by atoms with van der Waals surface area (Å²) in [6.07, 6.45) is 13.3. The predicted octanol–water partition coefficient (Wildman–Crippen LogP) is 4.23. The maximum absolute atomic E-state index is 12.0. The van der Waals surface area contributed by atoms with Crippen LogP contribution in [0.1, 0.15) is 71.1 Å². The molecule has 0 saturated heterocycles. The van der Waals surface area contributed by atoms with Crippen LogP contribution < -0.4 is 0 Å². The maximum Gasteiger partial charge on any atom is 0.159 e. The Balaban J connectivity index is 2.30. The van der Waals surface area contributed by atoms with Gasteiger partial charge in [0.05, 0.1) is 0 Å². The van der Waals surface area contributed by atoms with E-state index in [1.54, 1.807) is 0 Å². The molecule has 1 atom stereocenters. The molecule has 0 aromatic heterocycles. The molecule has 0 aromatic carbocycles. The number of rotatable bonds is 9. The van der Waals surface area contributed by atoms with Gasteiger partial charge >= 0.3 is 0 Å². The third-order valence-corrected chi connectivity index (χ3v) is 3.72. The van der Waals surface area contributed by atoms with E-state index in [0.29, 0.717) is 6.42 Å². The Morgan fingerprint density at radius 2 is 2.17 bits per heavy atom. The first kappa shape index (κ1) is 15.1. The van der Waals surface area contributed by atoms with Crippen molar-refractivity contribution >= 4 is 12.1 Å². The van der Waals surface area contributed by atoms with Gasteiger partial charge < -0.3 is 4.79 Å².